The number of hydrogen-bond donors (Lipinski definition) is 1. The quantitative estimate of drug-likeness (QED) is 0.906. The molecule has 1 N–H and O–H groups in total. The lowest BCUT2D eigenvalue weighted by molar-refractivity contribution is 0.122. The van der Waals surface area contributed by atoms with E-state index < -0.39 is 0 Å². The summed E-state index contributed by atoms with van der Waals surface area (Å²) in [5, 5.41) is 3.56. The van der Waals surface area contributed by atoms with E-state index in [-0.39, 0.29) is 0 Å². The summed E-state index contributed by atoms with van der Waals surface area (Å²) in [7, 11) is 0. The van der Waals surface area contributed by atoms with Crippen LogP contribution in [0.5, 0.6) is 0 Å². The van der Waals surface area contributed by atoms with E-state index in [0.717, 1.165) is 5.92 Å². The highest BCUT2D eigenvalue weighted by atomic mass is 15.2. The third-order valence-corrected chi connectivity index (χ3v) is 5.21. The highest BCUT2D eigenvalue weighted by Crippen LogP contribution is 2.33. The number of nitrogens with one attached hydrogen (secondary N) is 1. The van der Waals surface area contributed by atoms with Gasteiger partial charge >= 0.3 is 0 Å². The van der Waals surface area contributed by atoms with Crippen molar-refractivity contribution in [3.63, 3.8) is 0 Å². The van der Waals surface area contributed by atoms with Crippen molar-refractivity contribution in [2.24, 2.45) is 5.92 Å². The average molecular weight is 272 g/mol. The topological polar surface area (TPSA) is 15.3 Å². The number of benzene rings is 1. The Morgan fingerprint density at radius 3 is 2.85 bits per heavy atom. The molecule has 2 heterocycles. The zero-order valence-electron chi connectivity index (χ0n) is 12.8. The standard InChI is InChI=1S/C18H28N2/c1-18(13-16-7-3-2-4-8-16)10-6-12-20(18)15-17-9-5-11-19-14-17/h2-4,7-8,17,19H,5-6,9-15H2,1H3. The molecule has 2 saturated heterocycles. The maximum Gasteiger partial charge on any atom is 0.0222 e. The Bertz CT molecular complexity index is 411. The first-order valence-corrected chi connectivity index (χ1v) is 8.26. The summed E-state index contributed by atoms with van der Waals surface area (Å²) in [6.45, 7) is 7.50. The SMILES string of the molecule is CC1(Cc2ccccc2)CCCN1CC1CCCNC1. The Balaban J connectivity index is 1.64. The molecule has 0 saturated carbocycles. The maximum atomic E-state index is 3.56. The van der Waals surface area contributed by atoms with Crippen molar-refractivity contribution in [1.29, 1.82) is 0 Å². The van der Waals surface area contributed by atoms with Crippen molar-refractivity contribution >= 4 is 0 Å². The average Bonchev–Trinajstić information content (AvgIpc) is 2.82. The van der Waals surface area contributed by atoms with Gasteiger partial charge in [0, 0.05) is 12.1 Å². The zero-order chi connectivity index (χ0) is 13.8. The van der Waals surface area contributed by atoms with E-state index >= 15 is 0 Å². The molecule has 0 amide bonds. The van der Waals surface area contributed by atoms with Crippen LogP contribution in [0.1, 0.15) is 38.2 Å². The van der Waals surface area contributed by atoms with Crippen molar-refractivity contribution in [2.75, 3.05) is 26.2 Å². The van der Waals surface area contributed by atoms with Crippen LogP contribution in [-0.4, -0.2) is 36.6 Å². The molecular formula is C18H28N2. The second-order valence-electron chi connectivity index (χ2n) is 6.92. The van der Waals surface area contributed by atoms with Crippen molar-refractivity contribution in [1.82, 2.24) is 10.2 Å². The van der Waals surface area contributed by atoms with Crippen LogP contribution in [0.2, 0.25) is 0 Å². The van der Waals surface area contributed by atoms with E-state index in [1.807, 2.05) is 0 Å². The molecule has 0 spiro atoms. The largest absolute Gasteiger partial charge is 0.316 e. The normalized spacial score (nSPS) is 31.6. The Kier molecular flexibility index (Phi) is 4.42. The molecule has 0 radical (unpaired) electrons. The number of piperidine rings is 1. The molecule has 3 rings (SSSR count). The minimum atomic E-state index is 0.374. The Morgan fingerprint density at radius 1 is 1.25 bits per heavy atom. The fraction of sp³-hybridized carbons (Fsp3) is 0.667. The van der Waals surface area contributed by atoms with Gasteiger partial charge in [-0.05, 0) is 70.1 Å². The minimum absolute atomic E-state index is 0.374. The summed E-state index contributed by atoms with van der Waals surface area (Å²) in [6, 6.07) is 11.0. The van der Waals surface area contributed by atoms with Gasteiger partial charge in [0.1, 0.15) is 0 Å². The highest BCUT2D eigenvalue weighted by molar-refractivity contribution is 5.18. The van der Waals surface area contributed by atoms with Crippen LogP contribution in [0, 0.1) is 5.92 Å². The van der Waals surface area contributed by atoms with Gasteiger partial charge in [0.05, 0.1) is 0 Å². The van der Waals surface area contributed by atoms with Gasteiger partial charge in [-0.25, -0.2) is 0 Å². The van der Waals surface area contributed by atoms with Gasteiger partial charge < -0.3 is 5.32 Å². The molecule has 2 atom stereocenters. The molecule has 2 fully saturated rings. The van der Waals surface area contributed by atoms with Crippen LogP contribution in [0.15, 0.2) is 30.3 Å². The molecule has 0 bridgehead atoms. The minimum Gasteiger partial charge on any atom is -0.316 e. The van der Waals surface area contributed by atoms with Crippen LogP contribution in [0.25, 0.3) is 0 Å². The summed E-state index contributed by atoms with van der Waals surface area (Å²) in [5.74, 6) is 0.858. The summed E-state index contributed by atoms with van der Waals surface area (Å²) in [5.41, 5.74) is 1.86. The molecule has 2 aliphatic rings. The zero-order valence-corrected chi connectivity index (χ0v) is 12.8. The van der Waals surface area contributed by atoms with Crippen molar-refractivity contribution in [3.05, 3.63) is 35.9 Å². The van der Waals surface area contributed by atoms with Gasteiger partial charge in [0.15, 0.2) is 0 Å². The molecular weight excluding hydrogens is 244 g/mol. The predicted molar refractivity (Wildman–Crippen MR) is 85.0 cm³/mol. The van der Waals surface area contributed by atoms with E-state index in [1.54, 1.807) is 0 Å². The first-order chi connectivity index (χ1) is 9.76. The van der Waals surface area contributed by atoms with Crippen LogP contribution < -0.4 is 5.32 Å². The monoisotopic (exact) mass is 272 g/mol. The second-order valence-corrected chi connectivity index (χ2v) is 6.92. The van der Waals surface area contributed by atoms with Crippen LogP contribution in [0.4, 0.5) is 0 Å². The van der Waals surface area contributed by atoms with E-state index in [4.69, 9.17) is 0 Å². The Morgan fingerprint density at radius 2 is 2.10 bits per heavy atom. The molecule has 1 aromatic carbocycles. The highest BCUT2D eigenvalue weighted by Gasteiger charge is 2.37. The van der Waals surface area contributed by atoms with E-state index in [9.17, 15) is 0 Å². The van der Waals surface area contributed by atoms with Crippen LogP contribution in [-0.2, 0) is 6.42 Å². The molecule has 2 heteroatoms. The maximum absolute atomic E-state index is 3.56. The van der Waals surface area contributed by atoms with Crippen LogP contribution >= 0.6 is 0 Å². The van der Waals surface area contributed by atoms with E-state index in [0.29, 0.717) is 5.54 Å². The van der Waals surface area contributed by atoms with E-state index in [2.05, 4.69) is 47.5 Å². The summed E-state index contributed by atoms with van der Waals surface area (Å²) < 4.78 is 0. The predicted octanol–water partition coefficient (Wildman–Crippen LogP) is 3.08. The molecule has 110 valence electrons. The Hall–Kier alpha value is -0.860. The van der Waals surface area contributed by atoms with Crippen molar-refractivity contribution in [2.45, 2.75) is 44.6 Å². The lowest BCUT2D eigenvalue weighted by atomic mass is 9.89. The number of likely N-dealkylation sites (tertiary alicyclic amines) is 1. The fourth-order valence-corrected chi connectivity index (χ4v) is 4.02. The fourth-order valence-electron chi connectivity index (χ4n) is 4.02. The van der Waals surface area contributed by atoms with Gasteiger partial charge in [-0.15, -0.1) is 0 Å². The first-order valence-electron chi connectivity index (χ1n) is 8.26. The summed E-state index contributed by atoms with van der Waals surface area (Å²) >= 11 is 0. The van der Waals surface area contributed by atoms with Crippen molar-refractivity contribution < 1.29 is 0 Å². The Labute approximate surface area is 123 Å². The molecule has 1 aromatic rings. The molecule has 2 aliphatic heterocycles. The summed E-state index contributed by atoms with van der Waals surface area (Å²) in [6.07, 6.45) is 6.68. The van der Waals surface area contributed by atoms with Gasteiger partial charge in [0.2, 0.25) is 0 Å². The van der Waals surface area contributed by atoms with Gasteiger partial charge in [0.25, 0.3) is 0 Å². The smallest absolute Gasteiger partial charge is 0.0222 e. The van der Waals surface area contributed by atoms with Gasteiger partial charge in [-0.3, -0.25) is 4.90 Å². The van der Waals surface area contributed by atoms with Gasteiger partial charge in [-0.2, -0.15) is 0 Å². The molecule has 20 heavy (non-hydrogen) atoms. The molecule has 2 nitrogen and oxygen atoms in total. The second kappa shape index (κ2) is 6.28. The first kappa shape index (κ1) is 14.1. The number of nitrogens with zero attached hydrogens (tertiary/aromatic N) is 1. The third kappa shape index (κ3) is 3.24. The third-order valence-electron chi connectivity index (χ3n) is 5.21. The van der Waals surface area contributed by atoms with E-state index in [1.165, 1.54) is 63.8 Å². The van der Waals surface area contributed by atoms with Crippen LogP contribution in [0.3, 0.4) is 0 Å². The number of rotatable bonds is 4. The molecule has 0 aromatic heterocycles. The number of hydrogen-bond acceptors (Lipinski definition) is 2. The lowest BCUT2D eigenvalue weighted by Gasteiger charge is -2.38. The molecule has 0 aliphatic carbocycles. The lowest BCUT2D eigenvalue weighted by Crippen LogP contribution is -2.47. The summed E-state index contributed by atoms with van der Waals surface area (Å²) in [4.78, 5) is 2.78. The van der Waals surface area contributed by atoms with Gasteiger partial charge in [-0.1, -0.05) is 30.3 Å². The molecule has 2 unspecified atom stereocenters. The van der Waals surface area contributed by atoms with Crippen molar-refractivity contribution in [3.8, 4) is 0 Å².